The summed E-state index contributed by atoms with van der Waals surface area (Å²) in [6, 6.07) is 13.3. The monoisotopic (exact) mass is 437 g/mol. The minimum absolute atomic E-state index is 0.0132. The van der Waals surface area contributed by atoms with Crippen LogP contribution >= 0.6 is 0 Å². The van der Waals surface area contributed by atoms with Crippen molar-refractivity contribution in [1.29, 1.82) is 0 Å². The number of rotatable bonds is 3. The van der Waals surface area contributed by atoms with Crippen LogP contribution in [0, 0.1) is 0 Å². The van der Waals surface area contributed by atoms with Gasteiger partial charge in [0.1, 0.15) is 11.0 Å². The second-order valence-electron chi connectivity index (χ2n) is 7.41. The molecule has 4 aromatic rings. The minimum Gasteiger partial charge on any atom is -0.291 e. The van der Waals surface area contributed by atoms with Gasteiger partial charge >= 0.3 is 5.69 Å². The number of fused-ring (bicyclic) bond motifs is 2. The van der Waals surface area contributed by atoms with Gasteiger partial charge in [0.15, 0.2) is 0 Å². The molecule has 0 radical (unpaired) electrons. The summed E-state index contributed by atoms with van der Waals surface area (Å²) >= 11 is 0. The van der Waals surface area contributed by atoms with E-state index in [9.17, 15) is 18.0 Å². The molecule has 2 aromatic heterocycles. The number of aryl methyl sites for hydroxylation is 2. The topological polar surface area (TPSA) is 110 Å². The molecule has 9 nitrogen and oxygen atoms in total. The number of hydrogen-bond donors (Lipinski definition) is 1. The van der Waals surface area contributed by atoms with Crippen molar-refractivity contribution in [2.75, 3.05) is 10.8 Å². The summed E-state index contributed by atoms with van der Waals surface area (Å²) in [5.41, 5.74) is 0.876. The van der Waals surface area contributed by atoms with E-state index < -0.39 is 21.3 Å². The predicted octanol–water partition coefficient (Wildman–Crippen LogP) is 1.55. The van der Waals surface area contributed by atoms with Crippen molar-refractivity contribution in [1.82, 2.24) is 19.3 Å². The molecule has 3 heterocycles. The lowest BCUT2D eigenvalue weighted by Gasteiger charge is -2.30. The number of aromatic amines is 1. The van der Waals surface area contributed by atoms with Crippen molar-refractivity contribution in [3.63, 3.8) is 0 Å². The number of hydrogen-bond acceptors (Lipinski definition) is 5. The number of nitrogens with zero attached hydrogens (tertiary/aromatic N) is 4. The maximum absolute atomic E-state index is 13.5. The third kappa shape index (κ3) is 2.98. The van der Waals surface area contributed by atoms with E-state index in [4.69, 9.17) is 0 Å². The molecule has 0 saturated heterocycles. The molecule has 0 aliphatic carbocycles. The van der Waals surface area contributed by atoms with E-state index in [1.807, 2.05) is 18.2 Å². The Hall–Kier alpha value is -3.66. The van der Waals surface area contributed by atoms with E-state index in [0.29, 0.717) is 24.3 Å². The molecule has 0 fully saturated rings. The van der Waals surface area contributed by atoms with E-state index in [0.717, 1.165) is 16.6 Å². The van der Waals surface area contributed by atoms with Gasteiger partial charge in [0.25, 0.3) is 15.6 Å². The van der Waals surface area contributed by atoms with Gasteiger partial charge in [-0.05, 0) is 42.7 Å². The summed E-state index contributed by atoms with van der Waals surface area (Å²) in [5.74, 6) is 0. The predicted molar refractivity (Wildman–Crippen MR) is 116 cm³/mol. The van der Waals surface area contributed by atoms with Crippen LogP contribution < -0.4 is 15.6 Å². The lowest BCUT2D eigenvalue weighted by molar-refractivity contribution is 0.586. The number of anilines is 1. The highest BCUT2D eigenvalue weighted by atomic mass is 32.2. The van der Waals surface area contributed by atoms with Gasteiger partial charge in [-0.25, -0.2) is 17.8 Å². The fraction of sp³-hybridized carbons (Fsp3) is 0.190. The highest BCUT2D eigenvalue weighted by Crippen LogP contribution is 2.32. The fourth-order valence-corrected chi connectivity index (χ4v) is 5.59. The first-order chi connectivity index (χ1) is 14.9. The molecule has 10 heteroatoms. The highest BCUT2D eigenvalue weighted by Gasteiger charge is 2.29. The van der Waals surface area contributed by atoms with Gasteiger partial charge in [0.05, 0.1) is 22.5 Å². The van der Waals surface area contributed by atoms with Crippen LogP contribution in [0.15, 0.2) is 69.2 Å². The smallest absolute Gasteiger partial charge is 0.291 e. The Balaban J connectivity index is 1.65. The van der Waals surface area contributed by atoms with Gasteiger partial charge in [0.2, 0.25) is 0 Å². The molecule has 1 aliphatic rings. The number of nitrogens with one attached hydrogen (secondary N) is 1. The Labute approximate surface area is 177 Å². The highest BCUT2D eigenvalue weighted by molar-refractivity contribution is 7.92. The molecule has 0 unspecified atom stereocenters. The van der Waals surface area contributed by atoms with E-state index >= 15 is 0 Å². The molecule has 0 spiro atoms. The maximum Gasteiger partial charge on any atom is 0.334 e. The lowest BCUT2D eigenvalue weighted by Crippen LogP contribution is -2.36. The second kappa shape index (κ2) is 6.95. The van der Waals surface area contributed by atoms with Crippen LogP contribution in [0.1, 0.15) is 12.0 Å². The lowest BCUT2D eigenvalue weighted by atomic mass is 10.0. The Morgan fingerprint density at radius 3 is 2.71 bits per heavy atom. The first kappa shape index (κ1) is 19.3. The van der Waals surface area contributed by atoms with Crippen LogP contribution in [-0.4, -0.2) is 34.3 Å². The molecule has 2 aromatic carbocycles. The molecule has 5 rings (SSSR count). The third-order valence-corrected chi connectivity index (χ3v) is 7.34. The molecule has 1 N–H and O–H groups in total. The molecular weight excluding hydrogens is 418 g/mol. The largest absolute Gasteiger partial charge is 0.334 e. The molecule has 158 valence electrons. The Bertz CT molecular complexity index is 1550. The van der Waals surface area contributed by atoms with Crippen molar-refractivity contribution in [3.8, 4) is 5.69 Å². The van der Waals surface area contributed by atoms with Gasteiger partial charge in [-0.2, -0.15) is 5.10 Å². The average molecular weight is 437 g/mol. The SMILES string of the molecule is Cn1ncc2c(=O)n(-c3cccc(S(=O)(=O)N4CCCc5ccccc54)c3)c(=O)[nH]c21. The maximum atomic E-state index is 13.5. The van der Waals surface area contributed by atoms with E-state index in [1.54, 1.807) is 13.1 Å². The van der Waals surface area contributed by atoms with E-state index in [1.165, 1.54) is 39.4 Å². The van der Waals surface area contributed by atoms with Crippen LogP contribution in [0.25, 0.3) is 16.7 Å². The summed E-state index contributed by atoms with van der Waals surface area (Å²) in [6.07, 6.45) is 2.90. The minimum atomic E-state index is -3.88. The number of para-hydroxylation sites is 1. The van der Waals surface area contributed by atoms with Crippen LogP contribution in [-0.2, 0) is 23.5 Å². The third-order valence-electron chi connectivity index (χ3n) is 5.53. The first-order valence-electron chi connectivity index (χ1n) is 9.76. The van der Waals surface area contributed by atoms with Crippen LogP contribution in [0.3, 0.4) is 0 Å². The zero-order valence-electron chi connectivity index (χ0n) is 16.6. The van der Waals surface area contributed by atoms with Crippen LogP contribution in [0.4, 0.5) is 5.69 Å². The standard InChI is InChI=1S/C21H19N5O4S/c1-24-19-17(13-22-24)20(27)26(21(28)23-19)15-8-4-9-16(12-15)31(29,30)25-11-5-7-14-6-2-3-10-18(14)25/h2-4,6,8-10,12-13H,5,7,11H2,1H3,(H,23,28). The van der Waals surface area contributed by atoms with Gasteiger partial charge in [-0.15, -0.1) is 0 Å². The number of sulfonamides is 1. The molecule has 1 aliphatic heterocycles. The molecule has 31 heavy (non-hydrogen) atoms. The zero-order valence-corrected chi connectivity index (χ0v) is 17.5. The first-order valence-corrected chi connectivity index (χ1v) is 11.2. The van der Waals surface area contributed by atoms with E-state index in [-0.39, 0.29) is 16.0 Å². The summed E-state index contributed by atoms with van der Waals surface area (Å²) in [7, 11) is -2.26. The second-order valence-corrected chi connectivity index (χ2v) is 9.27. The van der Waals surface area contributed by atoms with Crippen LogP contribution in [0.5, 0.6) is 0 Å². The van der Waals surface area contributed by atoms with Crippen LogP contribution in [0.2, 0.25) is 0 Å². The van der Waals surface area contributed by atoms with E-state index in [2.05, 4.69) is 10.1 Å². The summed E-state index contributed by atoms with van der Waals surface area (Å²) in [6.45, 7) is 0.367. The quantitative estimate of drug-likeness (QED) is 0.523. The fourth-order valence-electron chi connectivity index (χ4n) is 4.01. The van der Waals surface area contributed by atoms with Gasteiger partial charge in [-0.3, -0.25) is 18.8 Å². The zero-order chi connectivity index (χ0) is 21.8. The Morgan fingerprint density at radius 1 is 1.06 bits per heavy atom. The average Bonchev–Trinajstić information content (AvgIpc) is 3.14. The normalized spacial score (nSPS) is 14.0. The molecular formula is C21H19N5O4S. The summed E-state index contributed by atoms with van der Waals surface area (Å²) < 4.78 is 30.6. The number of aromatic nitrogens is 4. The molecule has 0 bridgehead atoms. The van der Waals surface area contributed by atoms with Crippen molar-refractivity contribution in [3.05, 3.63) is 81.1 Å². The summed E-state index contributed by atoms with van der Waals surface area (Å²) in [5, 5.41) is 4.24. The number of benzene rings is 2. The Kier molecular flexibility index (Phi) is 4.33. The molecule has 0 atom stereocenters. The summed E-state index contributed by atoms with van der Waals surface area (Å²) in [4.78, 5) is 28.2. The van der Waals surface area contributed by atoms with Crippen molar-refractivity contribution >= 4 is 26.7 Å². The number of H-pyrrole nitrogens is 1. The molecule has 0 amide bonds. The van der Waals surface area contributed by atoms with Crippen molar-refractivity contribution < 1.29 is 8.42 Å². The van der Waals surface area contributed by atoms with Gasteiger partial charge in [0, 0.05) is 13.6 Å². The van der Waals surface area contributed by atoms with Crippen molar-refractivity contribution in [2.24, 2.45) is 7.05 Å². The Morgan fingerprint density at radius 2 is 1.87 bits per heavy atom. The van der Waals surface area contributed by atoms with Crippen molar-refractivity contribution in [2.45, 2.75) is 17.7 Å². The molecule has 0 saturated carbocycles. The van der Waals surface area contributed by atoms with Gasteiger partial charge < -0.3 is 0 Å². The van der Waals surface area contributed by atoms with Gasteiger partial charge in [-0.1, -0.05) is 24.3 Å².